The molecule has 4 heteroatoms. The van der Waals surface area contributed by atoms with Gasteiger partial charge in [0.25, 0.3) is 0 Å². The summed E-state index contributed by atoms with van der Waals surface area (Å²) in [4.78, 5) is 2.49. The van der Waals surface area contributed by atoms with Crippen molar-refractivity contribution in [1.82, 2.24) is 10.2 Å². The molecule has 0 heterocycles. The maximum absolute atomic E-state index is 5.78. The second-order valence-corrected chi connectivity index (χ2v) is 5.42. The Balaban J connectivity index is 3.34. The Morgan fingerprint density at radius 2 is 1.61 bits per heavy atom. The fourth-order valence-electron chi connectivity index (χ4n) is 1.85. The van der Waals surface area contributed by atoms with Crippen molar-refractivity contribution in [2.24, 2.45) is 11.5 Å². The van der Waals surface area contributed by atoms with Crippen molar-refractivity contribution in [1.29, 1.82) is 0 Å². The molecule has 0 saturated carbocycles. The Labute approximate surface area is 113 Å². The average molecular weight is 258 g/mol. The number of unbranched alkanes of at least 4 members (excludes halogenated alkanes) is 1. The van der Waals surface area contributed by atoms with Crippen LogP contribution in [0.2, 0.25) is 0 Å². The van der Waals surface area contributed by atoms with Gasteiger partial charge in [-0.1, -0.05) is 6.92 Å². The number of hydrogen-bond donors (Lipinski definition) is 3. The van der Waals surface area contributed by atoms with Gasteiger partial charge >= 0.3 is 0 Å². The van der Waals surface area contributed by atoms with Gasteiger partial charge in [-0.25, -0.2) is 0 Å². The van der Waals surface area contributed by atoms with Gasteiger partial charge in [-0.2, -0.15) is 0 Å². The summed E-state index contributed by atoms with van der Waals surface area (Å²) in [6.45, 7) is 12.0. The van der Waals surface area contributed by atoms with Crippen LogP contribution in [-0.4, -0.2) is 49.7 Å². The Morgan fingerprint density at radius 1 is 0.944 bits per heavy atom. The van der Waals surface area contributed by atoms with Crippen molar-refractivity contribution in [3.05, 3.63) is 0 Å². The summed E-state index contributed by atoms with van der Waals surface area (Å²) < 4.78 is 0. The number of nitrogens with two attached hydrogens (primary N) is 2. The summed E-state index contributed by atoms with van der Waals surface area (Å²) in [6, 6.07) is 0.630. The first-order chi connectivity index (χ1) is 8.56. The van der Waals surface area contributed by atoms with Crippen LogP contribution in [0.15, 0.2) is 0 Å². The van der Waals surface area contributed by atoms with Gasteiger partial charge in [0.2, 0.25) is 0 Å². The smallest absolute Gasteiger partial charge is 0.00226 e. The largest absolute Gasteiger partial charge is 0.328 e. The van der Waals surface area contributed by atoms with Crippen LogP contribution in [-0.2, 0) is 0 Å². The van der Waals surface area contributed by atoms with Gasteiger partial charge in [-0.05, 0) is 72.3 Å². The SMILES string of the molecule is CCN(CCCCNCCC(C)N)CCC(C)N. The second-order valence-electron chi connectivity index (χ2n) is 5.42. The molecule has 0 fully saturated rings. The molecule has 0 saturated heterocycles. The van der Waals surface area contributed by atoms with Crippen LogP contribution >= 0.6 is 0 Å². The van der Waals surface area contributed by atoms with Crippen molar-refractivity contribution < 1.29 is 0 Å². The fourth-order valence-corrected chi connectivity index (χ4v) is 1.85. The normalized spacial score (nSPS) is 15.0. The van der Waals surface area contributed by atoms with Crippen molar-refractivity contribution >= 4 is 0 Å². The standard InChI is InChI=1S/C14H34N4/c1-4-18(12-8-14(3)16)11-6-5-9-17-10-7-13(2)15/h13-14,17H,4-12,15-16H2,1-3H3. The molecule has 0 spiro atoms. The summed E-state index contributed by atoms with van der Waals surface area (Å²) in [5.74, 6) is 0. The minimum Gasteiger partial charge on any atom is -0.328 e. The van der Waals surface area contributed by atoms with E-state index in [9.17, 15) is 0 Å². The molecular weight excluding hydrogens is 224 g/mol. The molecule has 18 heavy (non-hydrogen) atoms. The van der Waals surface area contributed by atoms with Crippen molar-refractivity contribution in [2.45, 2.75) is 58.5 Å². The van der Waals surface area contributed by atoms with Gasteiger partial charge in [-0.15, -0.1) is 0 Å². The lowest BCUT2D eigenvalue weighted by Crippen LogP contribution is -2.30. The number of hydrogen-bond acceptors (Lipinski definition) is 4. The van der Waals surface area contributed by atoms with Gasteiger partial charge in [0, 0.05) is 12.1 Å². The molecule has 2 atom stereocenters. The fraction of sp³-hybridized carbons (Fsp3) is 1.00. The third-order valence-electron chi connectivity index (χ3n) is 3.20. The highest BCUT2D eigenvalue weighted by atomic mass is 15.1. The second kappa shape index (κ2) is 11.9. The molecule has 4 nitrogen and oxygen atoms in total. The minimum absolute atomic E-state index is 0.311. The third kappa shape index (κ3) is 12.3. The van der Waals surface area contributed by atoms with E-state index in [1.165, 1.54) is 19.4 Å². The summed E-state index contributed by atoms with van der Waals surface area (Å²) >= 11 is 0. The lowest BCUT2D eigenvalue weighted by atomic mass is 10.2. The highest BCUT2D eigenvalue weighted by Crippen LogP contribution is 1.98. The molecule has 0 aliphatic rings. The monoisotopic (exact) mass is 258 g/mol. The zero-order valence-electron chi connectivity index (χ0n) is 12.6. The zero-order valence-corrected chi connectivity index (χ0v) is 12.6. The summed E-state index contributed by atoms with van der Waals surface area (Å²) in [5, 5.41) is 3.44. The molecule has 0 amide bonds. The Kier molecular flexibility index (Phi) is 11.8. The van der Waals surface area contributed by atoms with E-state index in [0.717, 1.165) is 39.0 Å². The molecular formula is C14H34N4. The van der Waals surface area contributed by atoms with E-state index >= 15 is 0 Å². The molecule has 0 aliphatic carbocycles. The highest BCUT2D eigenvalue weighted by Gasteiger charge is 2.03. The molecule has 5 N–H and O–H groups in total. The van der Waals surface area contributed by atoms with Crippen LogP contribution in [0, 0.1) is 0 Å². The van der Waals surface area contributed by atoms with Gasteiger partial charge in [0.15, 0.2) is 0 Å². The van der Waals surface area contributed by atoms with Crippen LogP contribution in [0.1, 0.15) is 46.5 Å². The van der Waals surface area contributed by atoms with Gasteiger partial charge in [0.1, 0.15) is 0 Å². The van der Waals surface area contributed by atoms with Crippen molar-refractivity contribution in [2.75, 3.05) is 32.7 Å². The quantitative estimate of drug-likeness (QED) is 0.459. The molecule has 0 rings (SSSR count). The highest BCUT2D eigenvalue weighted by molar-refractivity contribution is 4.62. The first-order valence-electron chi connectivity index (χ1n) is 7.50. The Bertz CT molecular complexity index is 171. The summed E-state index contributed by atoms with van der Waals surface area (Å²) in [6.07, 6.45) is 4.67. The van der Waals surface area contributed by atoms with Crippen LogP contribution in [0.3, 0.4) is 0 Å². The molecule has 2 unspecified atom stereocenters. The maximum Gasteiger partial charge on any atom is 0.00226 e. The van der Waals surface area contributed by atoms with E-state index < -0.39 is 0 Å². The molecule has 110 valence electrons. The number of nitrogens with zero attached hydrogens (tertiary/aromatic N) is 1. The predicted molar refractivity (Wildman–Crippen MR) is 80.8 cm³/mol. The van der Waals surface area contributed by atoms with Crippen LogP contribution < -0.4 is 16.8 Å². The van der Waals surface area contributed by atoms with Crippen LogP contribution in [0.25, 0.3) is 0 Å². The molecule has 0 aliphatic heterocycles. The van der Waals surface area contributed by atoms with Crippen LogP contribution in [0.4, 0.5) is 0 Å². The molecule has 0 aromatic carbocycles. The van der Waals surface area contributed by atoms with Crippen molar-refractivity contribution in [3.8, 4) is 0 Å². The first-order valence-corrected chi connectivity index (χ1v) is 7.50. The first kappa shape index (κ1) is 17.8. The van der Waals surface area contributed by atoms with Crippen molar-refractivity contribution in [3.63, 3.8) is 0 Å². The van der Waals surface area contributed by atoms with E-state index in [1.807, 2.05) is 0 Å². The molecule has 0 bridgehead atoms. The van der Waals surface area contributed by atoms with E-state index in [0.29, 0.717) is 12.1 Å². The third-order valence-corrected chi connectivity index (χ3v) is 3.20. The lowest BCUT2D eigenvalue weighted by Gasteiger charge is -2.21. The van der Waals surface area contributed by atoms with Gasteiger partial charge in [0.05, 0.1) is 0 Å². The topological polar surface area (TPSA) is 67.3 Å². The minimum atomic E-state index is 0.311. The molecule has 0 aromatic rings. The lowest BCUT2D eigenvalue weighted by molar-refractivity contribution is 0.272. The van der Waals surface area contributed by atoms with E-state index in [-0.39, 0.29) is 0 Å². The average Bonchev–Trinajstić information content (AvgIpc) is 2.31. The summed E-state index contributed by atoms with van der Waals surface area (Å²) in [7, 11) is 0. The molecule has 0 aromatic heterocycles. The van der Waals surface area contributed by atoms with Gasteiger partial charge < -0.3 is 21.7 Å². The molecule has 0 radical (unpaired) electrons. The van der Waals surface area contributed by atoms with E-state index in [4.69, 9.17) is 11.5 Å². The predicted octanol–water partition coefficient (Wildman–Crippen LogP) is 1.15. The number of nitrogens with one attached hydrogen (secondary N) is 1. The van der Waals surface area contributed by atoms with E-state index in [1.54, 1.807) is 0 Å². The Hall–Kier alpha value is -0.160. The zero-order chi connectivity index (χ0) is 13.8. The van der Waals surface area contributed by atoms with Crippen LogP contribution in [0.5, 0.6) is 0 Å². The number of rotatable bonds is 12. The maximum atomic E-state index is 5.78. The van der Waals surface area contributed by atoms with Gasteiger partial charge in [-0.3, -0.25) is 0 Å². The summed E-state index contributed by atoms with van der Waals surface area (Å²) in [5.41, 5.74) is 11.5. The van der Waals surface area contributed by atoms with E-state index in [2.05, 4.69) is 31.0 Å². The Morgan fingerprint density at radius 3 is 2.17 bits per heavy atom.